The fourth-order valence-corrected chi connectivity index (χ4v) is 0.940. The van der Waals surface area contributed by atoms with Gasteiger partial charge in [0.2, 0.25) is 0 Å². The molecule has 74 valence electrons. The van der Waals surface area contributed by atoms with Gasteiger partial charge in [0.1, 0.15) is 0 Å². The maximum absolute atomic E-state index is 10.6. The normalized spacial score (nSPS) is 11.6. The zero-order chi connectivity index (χ0) is 10.4. The molecule has 0 aromatic carbocycles. The molecule has 0 amide bonds. The Labute approximate surface area is 77.2 Å². The number of hydrogen-bond donors (Lipinski definition) is 1. The number of nitrogens with zero attached hydrogens (tertiary/aromatic N) is 1. The first-order chi connectivity index (χ1) is 6.08. The smallest absolute Gasteiger partial charge is 0.328 e. The van der Waals surface area contributed by atoms with Crippen LogP contribution in [0.1, 0.15) is 13.3 Å². The van der Waals surface area contributed by atoms with Gasteiger partial charge in [-0.15, -0.1) is 0 Å². The van der Waals surface area contributed by atoms with Gasteiger partial charge < -0.3 is 10.1 Å². The second-order valence-electron chi connectivity index (χ2n) is 2.32. The van der Waals surface area contributed by atoms with Gasteiger partial charge in [-0.3, -0.25) is 10.1 Å². The third-order valence-corrected chi connectivity index (χ3v) is 1.63. The number of hydrogen-bond acceptors (Lipinski definition) is 4. The Morgan fingerprint density at radius 3 is 2.46 bits per heavy atom. The van der Waals surface area contributed by atoms with E-state index in [9.17, 15) is 10.1 Å². The Kier molecular flexibility index (Phi) is 4.58. The summed E-state index contributed by atoms with van der Waals surface area (Å²) in [4.78, 5) is 10.1. The van der Waals surface area contributed by atoms with Crippen molar-refractivity contribution < 1.29 is 9.66 Å². The van der Waals surface area contributed by atoms with Crippen molar-refractivity contribution in [2.45, 2.75) is 13.3 Å². The van der Waals surface area contributed by atoms with Crippen LogP contribution >= 0.6 is 0 Å². The number of nitro groups is 1. The van der Waals surface area contributed by atoms with Crippen LogP contribution in [-0.2, 0) is 4.74 Å². The Bertz CT molecular complexity index is 240. The molecule has 0 radical (unpaired) electrons. The highest BCUT2D eigenvalue weighted by molar-refractivity contribution is 5.21. The second kappa shape index (κ2) is 5.18. The Morgan fingerprint density at radius 1 is 1.69 bits per heavy atom. The van der Waals surface area contributed by atoms with Crippen LogP contribution in [0.3, 0.4) is 0 Å². The molecule has 0 heterocycles. The number of ether oxygens (including phenoxy) is 1. The summed E-state index contributed by atoms with van der Waals surface area (Å²) in [7, 11) is 2.99. The molecule has 5 heteroatoms. The topological polar surface area (TPSA) is 64.4 Å². The van der Waals surface area contributed by atoms with Crippen molar-refractivity contribution in [2.75, 3.05) is 14.2 Å². The predicted molar refractivity (Wildman–Crippen MR) is 49.5 cm³/mol. The van der Waals surface area contributed by atoms with E-state index in [0.717, 1.165) is 0 Å². The first-order valence-corrected chi connectivity index (χ1v) is 3.87. The highest BCUT2D eigenvalue weighted by atomic mass is 16.6. The number of rotatable bonds is 5. The SMILES string of the molecule is C=C(OC)/C(=C(/CC)NC)[N+](=O)[O-]. The quantitative estimate of drug-likeness (QED) is 0.304. The summed E-state index contributed by atoms with van der Waals surface area (Å²) >= 11 is 0. The molecule has 0 aliphatic carbocycles. The lowest BCUT2D eigenvalue weighted by molar-refractivity contribution is -0.425. The van der Waals surface area contributed by atoms with Crippen LogP contribution in [0.25, 0.3) is 0 Å². The van der Waals surface area contributed by atoms with Crippen LogP contribution < -0.4 is 5.32 Å². The van der Waals surface area contributed by atoms with Crippen LogP contribution in [0.15, 0.2) is 23.7 Å². The Hall–Kier alpha value is -1.52. The Balaban J connectivity index is 5.08. The van der Waals surface area contributed by atoms with Crippen LogP contribution in [0.2, 0.25) is 0 Å². The van der Waals surface area contributed by atoms with Crippen LogP contribution in [0, 0.1) is 10.1 Å². The third-order valence-electron chi connectivity index (χ3n) is 1.63. The standard InChI is InChI=1S/C8H14N2O3/c1-5-7(9-3)8(10(11)12)6(2)13-4/h9H,2,5H2,1,3-4H3/b8-7+. The van der Waals surface area contributed by atoms with Crippen LogP contribution in [-0.4, -0.2) is 19.1 Å². The second-order valence-corrected chi connectivity index (χ2v) is 2.32. The van der Waals surface area contributed by atoms with Crippen LogP contribution in [0.5, 0.6) is 0 Å². The van der Waals surface area contributed by atoms with Gasteiger partial charge in [-0.1, -0.05) is 6.92 Å². The molecule has 0 atom stereocenters. The molecule has 1 N–H and O–H groups in total. The summed E-state index contributed by atoms with van der Waals surface area (Å²) in [5, 5.41) is 13.4. The van der Waals surface area contributed by atoms with E-state index in [0.29, 0.717) is 12.1 Å². The van der Waals surface area contributed by atoms with E-state index in [-0.39, 0.29) is 11.5 Å². The van der Waals surface area contributed by atoms with Crippen molar-refractivity contribution in [3.8, 4) is 0 Å². The molecule has 0 spiro atoms. The highest BCUT2D eigenvalue weighted by Crippen LogP contribution is 2.14. The first-order valence-electron chi connectivity index (χ1n) is 3.87. The molecule has 0 saturated heterocycles. The maximum atomic E-state index is 10.6. The van der Waals surface area contributed by atoms with Crippen LogP contribution in [0.4, 0.5) is 0 Å². The molecule has 0 fully saturated rings. The van der Waals surface area contributed by atoms with Gasteiger partial charge in [0.05, 0.1) is 17.7 Å². The molecule has 0 aromatic heterocycles. The molecule has 0 rings (SSSR count). The predicted octanol–water partition coefficient (Wildman–Crippen LogP) is 1.26. The first kappa shape index (κ1) is 11.5. The average Bonchev–Trinajstić information content (AvgIpc) is 2.12. The zero-order valence-corrected chi connectivity index (χ0v) is 8.09. The molecule has 13 heavy (non-hydrogen) atoms. The summed E-state index contributed by atoms with van der Waals surface area (Å²) in [5.41, 5.74) is 0.421. The summed E-state index contributed by atoms with van der Waals surface area (Å²) in [5.74, 6) is 0.0659. The van der Waals surface area contributed by atoms with Gasteiger partial charge in [-0.05, 0) is 13.0 Å². The minimum absolute atomic E-state index is 0.0659. The molecule has 0 aliphatic rings. The molecular weight excluding hydrogens is 172 g/mol. The number of methoxy groups -OCH3 is 1. The molecule has 0 unspecified atom stereocenters. The van der Waals surface area contributed by atoms with Crippen molar-refractivity contribution in [1.82, 2.24) is 5.32 Å². The summed E-state index contributed by atoms with van der Waals surface area (Å²) < 4.78 is 4.72. The van der Waals surface area contributed by atoms with E-state index in [1.807, 2.05) is 6.92 Å². The van der Waals surface area contributed by atoms with Gasteiger partial charge in [0.25, 0.3) is 0 Å². The molecule has 5 nitrogen and oxygen atoms in total. The molecular formula is C8H14N2O3. The molecule has 0 aromatic rings. The molecule has 0 aliphatic heterocycles. The number of allylic oxidation sites excluding steroid dienone is 1. The number of nitrogens with one attached hydrogen (secondary N) is 1. The van der Waals surface area contributed by atoms with Crippen molar-refractivity contribution >= 4 is 0 Å². The van der Waals surface area contributed by atoms with Crippen molar-refractivity contribution in [1.29, 1.82) is 0 Å². The minimum atomic E-state index is -0.499. The lowest BCUT2D eigenvalue weighted by atomic mass is 10.2. The molecule has 0 saturated carbocycles. The van der Waals surface area contributed by atoms with Gasteiger partial charge in [-0.2, -0.15) is 0 Å². The highest BCUT2D eigenvalue weighted by Gasteiger charge is 2.21. The lowest BCUT2D eigenvalue weighted by Gasteiger charge is -2.07. The third kappa shape index (κ3) is 2.77. The molecule has 0 bridgehead atoms. The van der Waals surface area contributed by atoms with Crippen molar-refractivity contribution in [3.05, 3.63) is 33.8 Å². The minimum Gasteiger partial charge on any atom is -0.490 e. The summed E-state index contributed by atoms with van der Waals surface area (Å²) in [6.45, 7) is 5.27. The van der Waals surface area contributed by atoms with E-state index in [4.69, 9.17) is 4.74 Å². The fraction of sp³-hybridized carbons (Fsp3) is 0.500. The fourth-order valence-electron chi connectivity index (χ4n) is 0.940. The van der Waals surface area contributed by atoms with E-state index in [1.165, 1.54) is 7.11 Å². The van der Waals surface area contributed by atoms with Gasteiger partial charge >= 0.3 is 5.70 Å². The largest absolute Gasteiger partial charge is 0.490 e. The maximum Gasteiger partial charge on any atom is 0.328 e. The Morgan fingerprint density at radius 2 is 2.23 bits per heavy atom. The summed E-state index contributed by atoms with van der Waals surface area (Å²) in [6.07, 6.45) is 0.537. The van der Waals surface area contributed by atoms with E-state index < -0.39 is 4.92 Å². The van der Waals surface area contributed by atoms with Crippen molar-refractivity contribution in [2.24, 2.45) is 0 Å². The van der Waals surface area contributed by atoms with Gasteiger partial charge in [0, 0.05) is 7.05 Å². The monoisotopic (exact) mass is 186 g/mol. The lowest BCUT2D eigenvalue weighted by Crippen LogP contribution is -2.15. The summed E-state index contributed by atoms with van der Waals surface area (Å²) in [6, 6.07) is 0. The zero-order valence-electron chi connectivity index (χ0n) is 8.09. The average molecular weight is 186 g/mol. The van der Waals surface area contributed by atoms with E-state index >= 15 is 0 Å². The van der Waals surface area contributed by atoms with E-state index in [1.54, 1.807) is 7.05 Å². The van der Waals surface area contributed by atoms with E-state index in [2.05, 4.69) is 11.9 Å². The van der Waals surface area contributed by atoms with Crippen molar-refractivity contribution in [3.63, 3.8) is 0 Å². The van der Waals surface area contributed by atoms with Gasteiger partial charge in [-0.25, -0.2) is 0 Å². The van der Waals surface area contributed by atoms with Gasteiger partial charge in [0.15, 0.2) is 5.76 Å².